The van der Waals surface area contributed by atoms with Crippen LogP contribution in [0.2, 0.25) is 0 Å². The number of nitrogens with one attached hydrogen (secondary N) is 1. The third-order valence-corrected chi connectivity index (χ3v) is 3.22. The Hall–Kier alpha value is -1.07. The molecule has 1 atom stereocenters. The molecule has 1 rings (SSSR count). The summed E-state index contributed by atoms with van der Waals surface area (Å²) >= 11 is 0. The zero-order valence-electron chi connectivity index (χ0n) is 12.0. The molecule has 20 heavy (non-hydrogen) atoms. The summed E-state index contributed by atoms with van der Waals surface area (Å²) in [5.41, 5.74) is 0.312. The molecular weight excluding hydrogens is 267 g/mol. The highest BCUT2D eigenvalue weighted by Crippen LogP contribution is 2.29. The molecule has 1 aromatic rings. The van der Waals surface area contributed by atoms with Crippen molar-refractivity contribution in [3.8, 4) is 0 Å². The SMILES string of the molecule is CCOCCCC(Cc1ccc(C(F)(F)F)cc1)NC. The van der Waals surface area contributed by atoms with Crippen molar-refractivity contribution in [1.82, 2.24) is 5.32 Å². The summed E-state index contributed by atoms with van der Waals surface area (Å²) in [7, 11) is 1.87. The fourth-order valence-corrected chi connectivity index (χ4v) is 2.04. The molecule has 114 valence electrons. The van der Waals surface area contributed by atoms with Gasteiger partial charge < -0.3 is 10.1 Å². The topological polar surface area (TPSA) is 21.3 Å². The number of benzene rings is 1. The lowest BCUT2D eigenvalue weighted by molar-refractivity contribution is -0.137. The van der Waals surface area contributed by atoms with Crippen molar-refractivity contribution in [2.24, 2.45) is 0 Å². The molecule has 0 aliphatic heterocycles. The summed E-state index contributed by atoms with van der Waals surface area (Å²) < 4.78 is 42.7. The van der Waals surface area contributed by atoms with Gasteiger partial charge in [0.1, 0.15) is 0 Å². The number of rotatable bonds is 8. The molecule has 1 aromatic carbocycles. The van der Waals surface area contributed by atoms with Crippen LogP contribution in [-0.4, -0.2) is 26.3 Å². The largest absolute Gasteiger partial charge is 0.416 e. The first-order valence-corrected chi connectivity index (χ1v) is 6.88. The van der Waals surface area contributed by atoms with E-state index in [-0.39, 0.29) is 6.04 Å². The Morgan fingerprint density at radius 2 is 1.85 bits per heavy atom. The third-order valence-electron chi connectivity index (χ3n) is 3.22. The highest BCUT2D eigenvalue weighted by atomic mass is 19.4. The zero-order chi connectivity index (χ0) is 15.0. The Labute approximate surface area is 118 Å². The number of hydrogen-bond acceptors (Lipinski definition) is 2. The number of ether oxygens (including phenoxy) is 1. The molecule has 0 aromatic heterocycles. The van der Waals surface area contributed by atoms with Crippen LogP contribution in [0.5, 0.6) is 0 Å². The fraction of sp³-hybridized carbons (Fsp3) is 0.600. The second-order valence-electron chi connectivity index (χ2n) is 4.72. The van der Waals surface area contributed by atoms with E-state index in [2.05, 4.69) is 5.32 Å². The van der Waals surface area contributed by atoms with E-state index in [0.717, 1.165) is 43.6 Å². The Bertz CT molecular complexity index is 376. The van der Waals surface area contributed by atoms with Gasteiger partial charge in [0.25, 0.3) is 0 Å². The highest BCUT2D eigenvalue weighted by molar-refractivity contribution is 5.25. The van der Waals surface area contributed by atoms with Crippen molar-refractivity contribution in [3.63, 3.8) is 0 Å². The van der Waals surface area contributed by atoms with Crippen LogP contribution in [0.25, 0.3) is 0 Å². The molecule has 0 spiro atoms. The Morgan fingerprint density at radius 3 is 2.35 bits per heavy atom. The van der Waals surface area contributed by atoms with Gasteiger partial charge in [-0.05, 0) is 50.9 Å². The van der Waals surface area contributed by atoms with Gasteiger partial charge in [-0.25, -0.2) is 0 Å². The zero-order valence-corrected chi connectivity index (χ0v) is 12.0. The first-order chi connectivity index (χ1) is 9.47. The lowest BCUT2D eigenvalue weighted by atomic mass is 10.0. The summed E-state index contributed by atoms with van der Waals surface area (Å²) in [5, 5.41) is 3.19. The van der Waals surface area contributed by atoms with Gasteiger partial charge in [0.15, 0.2) is 0 Å². The number of alkyl halides is 3. The van der Waals surface area contributed by atoms with Crippen LogP contribution in [0.3, 0.4) is 0 Å². The van der Waals surface area contributed by atoms with E-state index in [1.165, 1.54) is 0 Å². The van der Waals surface area contributed by atoms with Gasteiger partial charge >= 0.3 is 6.18 Å². The maximum Gasteiger partial charge on any atom is 0.416 e. The van der Waals surface area contributed by atoms with Crippen molar-refractivity contribution in [2.45, 2.75) is 38.4 Å². The predicted octanol–water partition coefficient (Wildman–Crippen LogP) is 3.65. The molecule has 0 aliphatic rings. The number of halogens is 3. The Kier molecular flexibility index (Phi) is 7.02. The molecule has 0 bridgehead atoms. The maximum atomic E-state index is 12.5. The standard InChI is InChI=1S/C15H22F3NO/c1-3-20-10-4-5-14(19-2)11-12-6-8-13(9-7-12)15(16,17)18/h6-9,14,19H,3-5,10-11H2,1-2H3. The fourth-order valence-electron chi connectivity index (χ4n) is 2.04. The minimum Gasteiger partial charge on any atom is -0.382 e. The minimum atomic E-state index is -4.27. The van der Waals surface area contributed by atoms with Gasteiger partial charge in [-0.1, -0.05) is 12.1 Å². The van der Waals surface area contributed by atoms with Gasteiger partial charge in [0.2, 0.25) is 0 Å². The quantitative estimate of drug-likeness (QED) is 0.738. The molecule has 2 nitrogen and oxygen atoms in total. The van der Waals surface area contributed by atoms with E-state index in [1.807, 2.05) is 14.0 Å². The molecule has 0 saturated carbocycles. The molecule has 0 amide bonds. The van der Waals surface area contributed by atoms with Crippen molar-refractivity contribution in [1.29, 1.82) is 0 Å². The second kappa shape index (κ2) is 8.27. The normalized spacial score (nSPS) is 13.4. The molecule has 5 heteroatoms. The van der Waals surface area contributed by atoms with E-state index in [1.54, 1.807) is 12.1 Å². The number of likely N-dealkylation sites (N-methyl/N-ethyl adjacent to an activating group) is 1. The van der Waals surface area contributed by atoms with Gasteiger partial charge in [-0.15, -0.1) is 0 Å². The van der Waals surface area contributed by atoms with Crippen molar-refractivity contribution in [2.75, 3.05) is 20.3 Å². The van der Waals surface area contributed by atoms with Crippen molar-refractivity contribution >= 4 is 0 Å². The van der Waals surface area contributed by atoms with Crippen LogP contribution in [0, 0.1) is 0 Å². The summed E-state index contributed by atoms with van der Waals surface area (Å²) in [6, 6.07) is 5.64. The first kappa shape index (κ1) is 17.0. The van der Waals surface area contributed by atoms with Crippen LogP contribution in [0.15, 0.2) is 24.3 Å². The molecule has 0 fully saturated rings. The molecular formula is C15H22F3NO. The van der Waals surface area contributed by atoms with Crippen molar-refractivity contribution < 1.29 is 17.9 Å². The first-order valence-electron chi connectivity index (χ1n) is 6.88. The van der Waals surface area contributed by atoms with Gasteiger partial charge in [0, 0.05) is 19.3 Å². The van der Waals surface area contributed by atoms with Crippen LogP contribution in [-0.2, 0) is 17.3 Å². The second-order valence-corrected chi connectivity index (χ2v) is 4.72. The smallest absolute Gasteiger partial charge is 0.382 e. The van der Waals surface area contributed by atoms with Crippen LogP contribution in [0.4, 0.5) is 13.2 Å². The van der Waals surface area contributed by atoms with Crippen LogP contribution < -0.4 is 5.32 Å². The monoisotopic (exact) mass is 289 g/mol. The molecule has 1 unspecified atom stereocenters. The summed E-state index contributed by atoms with van der Waals surface area (Å²) in [5.74, 6) is 0. The summed E-state index contributed by atoms with van der Waals surface area (Å²) in [6.45, 7) is 3.39. The lowest BCUT2D eigenvalue weighted by Crippen LogP contribution is -2.27. The van der Waals surface area contributed by atoms with E-state index >= 15 is 0 Å². The van der Waals surface area contributed by atoms with Gasteiger partial charge in [0.05, 0.1) is 5.56 Å². The summed E-state index contributed by atoms with van der Waals surface area (Å²) in [4.78, 5) is 0. The molecule has 1 N–H and O–H groups in total. The molecule has 0 saturated heterocycles. The van der Waals surface area contributed by atoms with E-state index in [9.17, 15) is 13.2 Å². The van der Waals surface area contributed by atoms with Gasteiger partial charge in [-0.3, -0.25) is 0 Å². The minimum absolute atomic E-state index is 0.257. The third kappa shape index (κ3) is 5.92. The van der Waals surface area contributed by atoms with Crippen LogP contribution in [0.1, 0.15) is 30.9 Å². The lowest BCUT2D eigenvalue weighted by Gasteiger charge is -2.16. The van der Waals surface area contributed by atoms with Crippen molar-refractivity contribution in [3.05, 3.63) is 35.4 Å². The molecule has 0 heterocycles. The van der Waals surface area contributed by atoms with E-state index in [4.69, 9.17) is 4.74 Å². The highest BCUT2D eigenvalue weighted by Gasteiger charge is 2.29. The predicted molar refractivity (Wildman–Crippen MR) is 73.7 cm³/mol. The molecule has 0 aliphatic carbocycles. The van der Waals surface area contributed by atoms with Gasteiger partial charge in [-0.2, -0.15) is 13.2 Å². The van der Waals surface area contributed by atoms with E-state index in [0.29, 0.717) is 6.61 Å². The average molecular weight is 289 g/mol. The van der Waals surface area contributed by atoms with E-state index < -0.39 is 11.7 Å². The Balaban J connectivity index is 2.49. The van der Waals surface area contributed by atoms with Crippen LogP contribution >= 0.6 is 0 Å². The summed E-state index contributed by atoms with van der Waals surface area (Å²) in [6.07, 6.45) is -1.66. The number of hydrogen-bond donors (Lipinski definition) is 1. The average Bonchev–Trinajstić information content (AvgIpc) is 2.42. The maximum absolute atomic E-state index is 12.5. The Morgan fingerprint density at radius 1 is 1.20 bits per heavy atom. The molecule has 0 radical (unpaired) electrons.